The highest BCUT2D eigenvalue weighted by molar-refractivity contribution is 14.0. The number of halogens is 2. The topological polar surface area (TPSA) is 61.6 Å². The minimum absolute atomic E-state index is 0. The molecule has 0 bridgehead atoms. The van der Waals surface area contributed by atoms with Gasteiger partial charge in [-0.3, -0.25) is 4.99 Å². The van der Waals surface area contributed by atoms with Crippen LogP contribution in [-0.4, -0.2) is 58.9 Å². The predicted octanol–water partition coefficient (Wildman–Crippen LogP) is 1.88. The van der Waals surface area contributed by atoms with E-state index in [4.69, 9.17) is 0 Å². The highest BCUT2D eigenvalue weighted by Gasteiger charge is 2.21. The van der Waals surface area contributed by atoms with Crippen molar-refractivity contribution in [2.75, 3.05) is 38.1 Å². The number of fused-ring (bicyclic) bond motifs is 1. The zero-order valence-corrected chi connectivity index (χ0v) is 17.8. The fourth-order valence-corrected chi connectivity index (χ4v) is 3.66. The lowest BCUT2D eigenvalue weighted by atomic mass is 10.2. The molecule has 0 spiro atoms. The number of nitrogens with zero attached hydrogens (tertiary/aromatic N) is 6. The highest BCUT2D eigenvalue weighted by atomic mass is 127. The molecule has 4 rings (SSSR count). The molecule has 1 N–H and O–H groups in total. The molecule has 0 amide bonds. The van der Waals surface area contributed by atoms with Crippen LogP contribution in [0.4, 0.5) is 10.1 Å². The van der Waals surface area contributed by atoms with E-state index in [0.29, 0.717) is 6.54 Å². The largest absolute Gasteiger partial charge is 0.368 e. The van der Waals surface area contributed by atoms with Crippen LogP contribution in [0, 0.1) is 5.82 Å². The van der Waals surface area contributed by atoms with Crippen molar-refractivity contribution in [3.63, 3.8) is 0 Å². The molecule has 0 aliphatic carbocycles. The fourth-order valence-electron chi connectivity index (χ4n) is 3.66. The maximum Gasteiger partial charge on any atom is 0.194 e. The quantitative estimate of drug-likeness (QED) is 0.409. The van der Waals surface area contributed by atoms with Gasteiger partial charge >= 0.3 is 0 Å². The van der Waals surface area contributed by atoms with E-state index in [-0.39, 0.29) is 29.8 Å². The van der Waals surface area contributed by atoms with E-state index in [2.05, 4.69) is 34.9 Å². The van der Waals surface area contributed by atoms with Crippen LogP contribution in [-0.2, 0) is 19.5 Å². The van der Waals surface area contributed by atoms with E-state index in [1.165, 1.54) is 12.1 Å². The number of benzene rings is 1. The summed E-state index contributed by atoms with van der Waals surface area (Å²) in [4.78, 5) is 8.94. The van der Waals surface area contributed by atoms with E-state index < -0.39 is 0 Å². The Morgan fingerprint density at radius 2 is 1.85 bits per heavy atom. The van der Waals surface area contributed by atoms with Gasteiger partial charge in [-0.2, -0.15) is 0 Å². The minimum atomic E-state index is -0.197. The Bertz CT molecular complexity index is 782. The molecule has 2 aliphatic heterocycles. The molecular weight excluding hydrogens is 460 g/mol. The van der Waals surface area contributed by atoms with Gasteiger partial charge in [0.05, 0.1) is 6.54 Å². The molecule has 2 aromatic rings. The van der Waals surface area contributed by atoms with E-state index in [1.807, 2.05) is 19.2 Å². The van der Waals surface area contributed by atoms with Gasteiger partial charge in [-0.15, -0.1) is 34.2 Å². The molecule has 0 radical (unpaired) electrons. The fraction of sp³-hybridized carbons (Fsp3) is 0.500. The number of guanidine groups is 1. The summed E-state index contributed by atoms with van der Waals surface area (Å²) in [5.41, 5.74) is 1.06. The van der Waals surface area contributed by atoms with Crippen LogP contribution in [0.15, 0.2) is 29.3 Å². The third kappa shape index (κ3) is 4.33. The summed E-state index contributed by atoms with van der Waals surface area (Å²) in [5.74, 6) is 2.75. The average molecular weight is 485 g/mol. The SMILES string of the molecule is CN=C(NCc1nnc2n1CCC2)N1CCN(c2ccc(F)cc2)CC1.I. The molecule has 3 heterocycles. The van der Waals surface area contributed by atoms with Gasteiger partial charge in [0.1, 0.15) is 11.6 Å². The van der Waals surface area contributed by atoms with Crippen LogP contribution in [0.5, 0.6) is 0 Å². The summed E-state index contributed by atoms with van der Waals surface area (Å²) in [6.07, 6.45) is 2.17. The Morgan fingerprint density at radius 1 is 1.11 bits per heavy atom. The lowest BCUT2D eigenvalue weighted by Gasteiger charge is -2.37. The molecule has 1 saturated heterocycles. The molecule has 2 aliphatic rings. The maximum atomic E-state index is 13.1. The van der Waals surface area contributed by atoms with E-state index in [1.54, 1.807) is 0 Å². The Labute approximate surface area is 175 Å². The number of rotatable bonds is 3. The van der Waals surface area contributed by atoms with Crippen LogP contribution in [0.1, 0.15) is 18.1 Å². The Hall–Kier alpha value is -1.91. The second kappa shape index (κ2) is 8.85. The molecule has 1 aromatic heterocycles. The average Bonchev–Trinajstić information content (AvgIpc) is 3.28. The van der Waals surface area contributed by atoms with E-state index in [9.17, 15) is 4.39 Å². The third-order valence-corrected chi connectivity index (χ3v) is 5.07. The van der Waals surface area contributed by atoms with Gasteiger partial charge in [0.2, 0.25) is 0 Å². The van der Waals surface area contributed by atoms with Gasteiger partial charge < -0.3 is 19.7 Å². The molecule has 9 heteroatoms. The number of hydrogen-bond acceptors (Lipinski definition) is 4. The number of aliphatic imine (C=N–C) groups is 1. The lowest BCUT2D eigenvalue weighted by molar-refractivity contribution is 0.371. The van der Waals surface area contributed by atoms with Crippen LogP contribution in [0.2, 0.25) is 0 Å². The van der Waals surface area contributed by atoms with E-state index in [0.717, 1.165) is 68.9 Å². The van der Waals surface area contributed by atoms with Crippen molar-refractivity contribution < 1.29 is 4.39 Å². The number of nitrogens with one attached hydrogen (secondary N) is 1. The second-order valence-electron chi connectivity index (χ2n) is 6.64. The number of anilines is 1. The first kappa shape index (κ1) is 19.8. The van der Waals surface area contributed by atoms with Gasteiger partial charge in [-0.05, 0) is 30.7 Å². The first-order valence-corrected chi connectivity index (χ1v) is 9.11. The monoisotopic (exact) mass is 485 g/mol. The summed E-state index contributed by atoms with van der Waals surface area (Å²) < 4.78 is 15.3. The van der Waals surface area contributed by atoms with Crippen LogP contribution in [0.3, 0.4) is 0 Å². The first-order valence-electron chi connectivity index (χ1n) is 9.11. The van der Waals surface area contributed by atoms with Crippen molar-refractivity contribution in [1.82, 2.24) is 25.0 Å². The summed E-state index contributed by atoms with van der Waals surface area (Å²) in [6.45, 7) is 5.15. The maximum absolute atomic E-state index is 13.1. The predicted molar refractivity (Wildman–Crippen MR) is 114 cm³/mol. The zero-order chi connectivity index (χ0) is 17.9. The summed E-state index contributed by atoms with van der Waals surface area (Å²) in [5, 5.41) is 12.0. The number of aryl methyl sites for hydroxylation is 1. The van der Waals surface area contributed by atoms with Gasteiger partial charge in [0, 0.05) is 51.9 Å². The summed E-state index contributed by atoms with van der Waals surface area (Å²) in [7, 11) is 1.81. The minimum Gasteiger partial charge on any atom is -0.368 e. The molecule has 0 saturated carbocycles. The second-order valence-corrected chi connectivity index (χ2v) is 6.64. The molecular formula is C18H25FIN7. The molecule has 7 nitrogen and oxygen atoms in total. The lowest BCUT2D eigenvalue weighted by Crippen LogP contribution is -2.52. The Balaban J connectivity index is 0.00000210. The molecule has 0 atom stereocenters. The molecule has 146 valence electrons. The van der Waals surface area contributed by atoms with Gasteiger partial charge in [0.15, 0.2) is 11.8 Å². The van der Waals surface area contributed by atoms with Crippen molar-refractivity contribution in [2.24, 2.45) is 4.99 Å². The first-order chi connectivity index (χ1) is 12.7. The number of aromatic nitrogens is 3. The zero-order valence-electron chi connectivity index (χ0n) is 15.4. The molecule has 27 heavy (non-hydrogen) atoms. The standard InChI is InChI=1S/C18H24FN7.HI/c1-20-18(21-13-17-23-22-16-3-2-8-26(16)17)25-11-9-24(10-12-25)15-6-4-14(19)5-7-15;/h4-7H,2-3,8-13H2,1H3,(H,20,21);1H. The smallest absolute Gasteiger partial charge is 0.194 e. The Morgan fingerprint density at radius 3 is 2.56 bits per heavy atom. The van der Waals surface area contributed by atoms with Crippen LogP contribution >= 0.6 is 24.0 Å². The van der Waals surface area contributed by atoms with Crippen molar-refractivity contribution >= 4 is 35.6 Å². The normalized spacial score (nSPS) is 16.9. The molecule has 0 unspecified atom stereocenters. The van der Waals surface area contributed by atoms with Crippen molar-refractivity contribution in [3.8, 4) is 0 Å². The van der Waals surface area contributed by atoms with Crippen LogP contribution in [0.25, 0.3) is 0 Å². The number of piperazine rings is 1. The van der Waals surface area contributed by atoms with Crippen molar-refractivity contribution in [2.45, 2.75) is 25.9 Å². The van der Waals surface area contributed by atoms with Crippen LogP contribution < -0.4 is 10.2 Å². The van der Waals surface area contributed by atoms with Crippen molar-refractivity contribution in [3.05, 3.63) is 41.7 Å². The highest BCUT2D eigenvalue weighted by Crippen LogP contribution is 2.17. The van der Waals surface area contributed by atoms with Gasteiger partial charge in [0.25, 0.3) is 0 Å². The summed E-state index contributed by atoms with van der Waals surface area (Å²) >= 11 is 0. The van der Waals surface area contributed by atoms with Gasteiger partial charge in [-0.1, -0.05) is 0 Å². The third-order valence-electron chi connectivity index (χ3n) is 5.07. The summed E-state index contributed by atoms with van der Waals surface area (Å²) in [6, 6.07) is 6.70. The Kier molecular flexibility index (Phi) is 6.51. The number of hydrogen-bond donors (Lipinski definition) is 1. The molecule has 1 aromatic carbocycles. The van der Waals surface area contributed by atoms with E-state index >= 15 is 0 Å². The van der Waals surface area contributed by atoms with Crippen molar-refractivity contribution in [1.29, 1.82) is 0 Å². The van der Waals surface area contributed by atoms with Gasteiger partial charge in [-0.25, -0.2) is 4.39 Å². The molecule has 1 fully saturated rings.